The number of benzene rings is 2. The third-order valence-electron chi connectivity index (χ3n) is 6.28. The number of aryl methyl sites for hydroxylation is 1. The van der Waals surface area contributed by atoms with E-state index < -0.39 is 0 Å². The van der Waals surface area contributed by atoms with Crippen LogP contribution in [0.1, 0.15) is 54.7 Å². The topological polar surface area (TPSA) is 64.6 Å². The average molecular weight is 484 g/mol. The molecular formula is C25H26BrNO4. The number of hydrogen-bond donors (Lipinski definition) is 1. The predicted octanol–water partition coefficient (Wildman–Crippen LogP) is 5.03. The standard InChI is InChI=1S/C25H26BrNO4/c1-4-14-5-7-15(8-6-14)16-9-20-25(21(28)10-16)18(12-24(29)27-20)17-11-23(31-3)19(26)13-22(17)30-2/h5-8,11,13,16,18H,4,9-10,12H2,1-3H3,(H,27,29). The minimum atomic E-state index is -0.350. The van der Waals surface area contributed by atoms with Crippen molar-refractivity contribution >= 4 is 27.6 Å². The minimum absolute atomic E-state index is 0.0672. The van der Waals surface area contributed by atoms with Gasteiger partial charge in [0, 0.05) is 35.6 Å². The summed E-state index contributed by atoms with van der Waals surface area (Å²) in [6.45, 7) is 2.12. The highest BCUT2D eigenvalue weighted by Crippen LogP contribution is 2.46. The zero-order valence-electron chi connectivity index (χ0n) is 18.0. The third kappa shape index (κ3) is 4.13. The Morgan fingerprint density at radius 1 is 1.00 bits per heavy atom. The SMILES string of the molecule is CCc1ccc(C2CC(=O)C3=C(C2)NC(=O)CC3c2cc(OC)c(Br)cc2OC)cc1. The second kappa shape index (κ2) is 8.87. The lowest BCUT2D eigenvalue weighted by Crippen LogP contribution is -2.38. The quantitative estimate of drug-likeness (QED) is 0.647. The molecule has 1 heterocycles. The molecule has 2 aromatic carbocycles. The van der Waals surface area contributed by atoms with Crippen molar-refractivity contribution in [2.24, 2.45) is 0 Å². The molecule has 2 unspecified atom stereocenters. The number of allylic oxidation sites excluding steroid dienone is 2. The highest BCUT2D eigenvalue weighted by atomic mass is 79.9. The van der Waals surface area contributed by atoms with E-state index in [1.165, 1.54) is 5.56 Å². The molecule has 162 valence electrons. The molecule has 1 aliphatic heterocycles. The van der Waals surface area contributed by atoms with Gasteiger partial charge in [-0.2, -0.15) is 0 Å². The lowest BCUT2D eigenvalue weighted by Gasteiger charge is -2.35. The fourth-order valence-corrected chi connectivity index (χ4v) is 5.13. The zero-order valence-corrected chi connectivity index (χ0v) is 19.5. The summed E-state index contributed by atoms with van der Waals surface area (Å²) in [4.78, 5) is 26.0. The van der Waals surface area contributed by atoms with Gasteiger partial charge in [0.15, 0.2) is 5.78 Å². The van der Waals surface area contributed by atoms with E-state index in [-0.39, 0.29) is 29.9 Å². The van der Waals surface area contributed by atoms with Crippen LogP contribution in [0, 0.1) is 0 Å². The van der Waals surface area contributed by atoms with Crippen molar-refractivity contribution < 1.29 is 19.1 Å². The fourth-order valence-electron chi connectivity index (χ4n) is 4.64. The van der Waals surface area contributed by atoms with Gasteiger partial charge in [-0.15, -0.1) is 0 Å². The van der Waals surface area contributed by atoms with Gasteiger partial charge in [0.25, 0.3) is 0 Å². The lowest BCUT2D eigenvalue weighted by atomic mass is 9.73. The Morgan fingerprint density at radius 3 is 2.35 bits per heavy atom. The van der Waals surface area contributed by atoms with Crippen molar-refractivity contribution in [1.29, 1.82) is 0 Å². The van der Waals surface area contributed by atoms with E-state index in [0.717, 1.165) is 27.7 Å². The number of carbonyl (C=O) groups is 2. The van der Waals surface area contributed by atoms with E-state index in [9.17, 15) is 9.59 Å². The van der Waals surface area contributed by atoms with Gasteiger partial charge in [-0.3, -0.25) is 9.59 Å². The first kappa shape index (κ1) is 21.6. The number of ketones is 1. The van der Waals surface area contributed by atoms with Gasteiger partial charge in [-0.05, 0) is 57.9 Å². The summed E-state index contributed by atoms with van der Waals surface area (Å²) >= 11 is 3.48. The van der Waals surface area contributed by atoms with Gasteiger partial charge in [-0.1, -0.05) is 31.2 Å². The number of Topliss-reactive ketones (excluding diaryl/α,β-unsaturated/α-hetero) is 1. The maximum Gasteiger partial charge on any atom is 0.225 e. The highest BCUT2D eigenvalue weighted by molar-refractivity contribution is 9.10. The zero-order chi connectivity index (χ0) is 22.1. The Hall–Kier alpha value is -2.60. The molecule has 0 fully saturated rings. The molecule has 1 amide bonds. The number of rotatable bonds is 5. The summed E-state index contributed by atoms with van der Waals surface area (Å²) in [6, 6.07) is 12.1. The van der Waals surface area contributed by atoms with E-state index >= 15 is 0 Å². The molecule has 0 bridgehead atoms. The molecule has 0 radical (unpaired) electrons. The van der Waals surface area contributed by atoms with Gasteiger partial charge in [-0.25, -0.2) is 0 Å². The molecule has 2 atom stereocenters. The van der Waals surface area contributed by atoms with E-state index in [2.05, 4.69) is 52.4 Å². The smallest absolute Gasteiger partial charge is 0.225 e. The number of ether oxygens (including phenoxy) is 2. The van der Waals surface area contributed by atoms with Crippen LogP contribution >= 0.6 is 15.9 Å². The summed E-state index contributed by atoms with van der Waals surface area (Å²) in [7, 11) is 3.18. The first-order chi connectivity index (χ1) is 14.9. The van der Waals surface area contributed by atoms with Gasteiger partial charge < -0.3 is 14.8 Å². The molecule has 0 spiro atoms. The summed E-state index contributed by atoms with van der Waals surface area (Å²) in [5.41, 5.74) is 4.64. The molecule has 0 aromatic heterocycles. The summed E-state index contributed by atoms with van der Waals surface area (Å²) in [5, 5.41) is 2.99. The van der Waals surface area contributed by atoms with Crippen molar-refractivity contribution in [3.8, 4) is 11.5 Å². The number of hydrogen-bond acceptors (Lipinski definition) is 4. The van der Waals surface area contributed by atoms with Crippen molar-refractivity contribution in [1.82, 2.24) is 5.32 Å². The summed E-state index contributed by atoms with van der Waals surface area (Å²) in [5.74, 6) is 0.988. The van der Waals surface area contributed by atoms with Gasteiger partial charge in [0.2, 0.25) is 5.91 Å². The lowest BCUT2D eigenvalue weighted by molar-refractivity contribution is -0.122. The molecule has 2 aromatic rings. The van der Waals surface area contributed by atoms with E-state index in [1.807, 2.05) is 12.1 Å². The number of amides is 1. The molecule has 1 aliphatic carbocycles. The molecule has 6 heteroatoms. The maximum atomic E-state index is 13.4. The van der Waals surface area contributed by atoms with Crippen LogP contribution in [-0.4, -0.2) is 25.9 Å². The molecule has 0 saturated heterocycles. The molecule has 5 nitrogen and oxygen atoms in total. The van der Waals surface area contributed by atoms with Gasteiger partial charge >= 0.3 is 0 Å². The van der Waals surface area contributed by atoms with Crippen LogP contribution in [0.2, 0.25) is 0 Å². The Balaban J connectivity index is 1.74. The van der Waals surface area contributed by atoms with Crippen molar-refractivity contribution in [3.63, 3.8) is 0 Å². The van der Waals surface area contributed by atoms with Crippen LogP contribution in [0.5, 0.6) is 11.5 Å². The second-order valence-corrected chi connectivity index (χ2v) is 8.90. The predicted molar refractivity (Wildman–Crippen MR) is 123 cm³/mol. The largest absolute Gasteiger partial charge is 0.496 e. The van der Waals surface area contributed by atoms with E-state index in [1.54, 1.807) is 14.2 Å². The van der Waals surface area contributed by atoms with Crippen molar-refractivity contribution in [3.05, 3.63) is 68.8 Å². The van der Waals surface area contributed by atoms with Crippen LogP contribution in [0.3, 0.4) is 0 Å². The highest BCUT2D eigenvalue weighted by Gasteiger charge is 2.39. The Bertz CT molecular complexity index is 1060. The van der Waals surface area contributed by atoms with Crippen LogP contribution in [0.25, 0.3) is 0 Å². The number of nitrogens with one attached hydrogen (secondary N) is 1. The average Bonchev–Trinajstić information content (AvgIpc) is 2.78. The number of methoxy groups -OCH3 is 2. The molecule has 0 saturated carbocycles. The molecule has 2 aliphatic rings. The Morgan fingerprint density at radius 2 is 1.71 bits per heavy atom. The Kier molecular flexibility index (Phi) is 6.19. The molecule has 1 N–H and O–H groups in total. The summed E-state index contributed by atoms with van der Waals surface area (Å²) in [6.07, 6.45) is 2.27. The monoisotopic (exact) mass is 483 g/mol. The molecule has 4 rings (SSSR count). The van der Waals surface area contributed by atoms with Crippen LogP contribution in [-0.2, 0) is 16.0 Å². The van der Waals surface area contributed by atoms with Gasteiger partial charge in [0.05, 0.1) is 18.7 Å². The van der Waals surface area contributed by atoms with E-state index in [0.29, 0.717) is 29.9 Å². The summed E-state index contributed by atoms with van der Waals surface area (Å²) < 4.78 is 11.8. The van der Waals surface area contributed by atoms with Crippen molar-refractivity contribution in [2.75, 3.05) is 14.2 Å². The van der Waals surface area contributed by atoms with E-state index in [4.69, 9.17) is 9.47 Å². The number of carbonyl (C=O) groups excluding carboxylic acids is 2. The first-order valence-corrected chi connectivity index (χ1v) is 11.3. The van der Waals surface area contributed by atoms with Crippen molar-refractivity contribution in [2.45, 2.75) is 44.4 Å². The maximum absolute atomic E-state index is 13.4. The Labute approximate surface area is 190 Å². The fraction of sp³-hybridized carbons (Fsp3) is 0.360. The normalized spacial score (nSPS) is 20.9. The number of halogens is 1. The van der Waals surface area contributed by atoms with Gasteiger partial charge in [0.1, 0.15) is 11.5 Å². The third-order valence-corrected chi connectivity index (χ3v) is 6.89. The minimum Gasteiger partial charge on any atom is -0.496 e. The second-order valence-electron chi connectivity index (χ2n) is 8.05. The first-order valence-electron chi connectivity index (χ1n) is 10.5. The molecule has 31 heavy (non-hydrogen) atoms. The molecular weight excluding hydrogens is 458 g/mol. The van der Waals surface area contributed by atoms with Crippen LogP contribution < -0.4 is 14.8 Å². The van der Waals surface area contributed by atoms with Crippen LogP contribution in [0.15, 0.2) is 52.1 Å². The van der Waals surface area contributed by atoms with Crippen LogP contribution in [0.4, 0.5) is 0 Å².